The Morgan fingerprint density at radius 3 is 2.73 bits per heavy atom. The van der Waals surface area contributed by atoms with Crippen LogP contribution in [0.5, 0.6) is 0 Å². The highest BCUT2D eigenvalue weighted by Crippen LogP contribution is 2.40. The highest BCUT2D eigenvalue weighted by molar-refractivity contribution is 5.72. The number of rotatable bonds is 3. The van der Waals surface area contributed by atoms with Crippen molar-refractivity contribution in [2.24, 2.45) is 0 Å². The molecule has 0 bridgehead atoms. The molecular weight excluding hydrogens is 272 g/mol. The number of imidazole rings is 1. The van der Waals surface area contributed by atoms with Crippen molar-refractivity contribution in [3.63, 3.8) is 0 Å². The van der Waals surface area contributed by atoms with Crippen molar-refractivity contribution in [1.82, 2.24) is 14.5 Å². The molecule has 1 aromatic carbocycles. The van der Waals surface area contributed by atoms with Gasteiger partial charge in [0.25, 0.3) is 0 Å². The van der Waals surface area contributed by atoms with Gasteiger partial charge in [-0.25, -0.2) is 9.97 Å². The smallest absolute Gasteiger partial charge is 0.160 e. The molecule has 2 heterocycles. The minimum Gasteiger partial charge on any atom is -0.308 e. The van der Waals surface area contributed by atoms with E-state index >= 15 is 0 Å². The summed E-state index contributed by atoms with van der Waals surface area (Å²) in [6.45, 7) is 2.80. The molecule has 0 spiro atoms. The van der Waals surface area contributed by atoms with Crippen LogP contribution in [0.4, 0.5) is 0 Å². The summed E-state index contributed by atoms with van der Waals surface area (Å²) in [5, 5.41) is 8.90. The molecule has 108 valence electrons. The number of hydrogen-bond acceptors (Lipinski definition) is 3. The second kappa shape index (κ2) is 4.96. The van der Waals surface area contributed by atoms with Crippen molar-refractivity contribution in [3.8, 4) is 6.07 Å². The van der Waals surface area contributed by atoms with E-state index in [9.17, 15) is 0 Å². The lowest BCUT2D eigenvalue weighted by Crippen LogP contribution is -2.05. The maximum absolute atomic E-state index is 8.90. The lowest BCUT2D eigenvalue weighted by atomic mass is 10.1. The van der Waals surface area contributed by atoms with E-state index in [1.807, 2.05) is 37.4 Å². The van der Waals surface area contributed by atoms with Gasteiger partial charge < -0.3 is 4.57 Å². The summed E-state index contributed by atoms with van der Waals surface area (Å²) in [5.74, 6) is 1.73. The summed E-state index contributed by atoms with van der Waals surface area (Å²) in [6.07, 6.45) is 4.33. The Morgan fingerprint density at radius 2 is 2.05 bits per heavy atom. The van der Waals surface area contributed by atoms with Gasteiger partial charge in [-0.15, -0.1) is 0 Å². The third-order valence-electron chi connectivity index (χ3n) is 4.12. The molecule has 1 aliphatic rings. The van der Waals surface area contributed by atoms with Gasteiger partial charge in [0.2, 0.25) is 0 Å². The first-order valence-electron chi connectivity index (χ1n) is 7.56. The van der Waals surface area contributed by atoms with Gasteiger partial charge >= 0.3 is 0 Å². The fraction of sp³-hybridized carbons (Fsp3) is 0.278. The first-order chi connectivity index (χ1) is 10.7. The van der Waals surface area contributed by atoms with E-state index in [0.29, 0.717) is 11.5 Å². The Morgan fingerprint density at radius 1 is 1.27 bits per heavy atom. The van der Waals surface area contributed by atoms with Crippen molar-refractivity contribution < 1.29 is 0 Å². The molecule has 1 fully saturated rings. The lowest BCUT2D eigenvalue weighted by Gasteiger charge is -2.08. The van der Waals surface area contributed by atoms with Crippen LogP contribution in [0.1, 0.15) is 41.3 Å². The van der Waals surface area contributed by atoms with Gasteiger partial charge in [0.15, 0.2) is 5.65 Å². The Hall–Kier alpha value is -2.67. The third kappa shape index (κ3) is 2.25. The average molecular weight is 288 g/mol. The van der Waals surface area contributed by atoms with Crippen LogP contribution >= 0.6 is 0 Å². The molecule has 2 aromatic heterocycles. The third-order valence-corrected chi connectivity index (χ3v) is 4.12. The lowest BCUT2D eigenvalue weighted by molar-refractivity contribution is 0.740. The molecule has 0 radical (unpaired) electrons. The van der Waals surface area contributed by atoms with E-state index in [1.54, 1.807) is 0 Å². The van der Waals surface area contributed by atoms with Crippen LogP contribution in [-0.4, -0.2) is 14.5 Å². The molecule has 0 atom stereocenters. The number of nitrogens with zero attached hydrogens (tertiary/aromatic N) is 4. The normalized spacial score (nSPS) is 14.2. The van der Waals surface area contributed by atoms with Crippen LogP contribution in [0.3, 0.4) is 0 Å². The second-order valence-corrected chi connectivity index (χ2v) is 5.99. The maximum Gasteiger partial charge on any atom is 0.160 e. The molecule has 0 unspecified atom stereocenters. The van der Waals surface area contributed by atoms with Crippen molar-refractivity contribution >= 4 is 11.2 Å². The standard InChI is InChI=1S/C18H16N4/c1-12-8-16-18(20-10-12)22(17(21-16)15-6-7-15)11-14-4-2-13(9-19)3-5-14/h2-5,8,10,15H,6-7,11H2,1H3. The summed E-state index contributed by atoms with van der Waals surface area (Å²) < 4.78 is 2.23. The van der Waals surface area contributed by atoms with E-state index in [-0.39, 0.29) is 0 Å². The topological polar surface area (TPSA) is 54.5 Å². The van der Waals surface area contributed by atoms with Gasteiger partial charge in [-0.3, -0.25) is 0 Å². The number of aromatic nitrogens is 3. The summed E-state index contributed by atoms with van der Waals surface area (Å²) in [4.78, 5) is 9.40. The van der Waals surface area contributed by atoms with Crippen molar-refractivity contribution in [2.75, 3.05) is 0 Å². The summed E-state index contributed by atoms with van der Waals surface area (Å²) in [7, 11) is 0. The van der Waals surface area contributed by atoms with E-state index < -0.39 is 0 Å². The molecule has 3 aromatic rings. The molecule has 0 saturated heterocycles. The Kier molecular flexibility index (Phi) is 2.93. The molecule has 4 heteroatoms. The molecule has 1 saturated carbocycles. The summed E-state index contributed by atoms with van der Waals surface area (Å²) >= 11 is 0. The minimum atomic E-state index is 0.577. The quantitative estimate of drug-likeness (QED) is 0.740. The Bertz CT molecular complexity index is 880. The number of aryl methyl sites for hydroxylation is 1. The molecule has 4 nitrogen and oxygen atoms in total. The maximum atomic E-state index is 8.90. The minimum absolute atomic E-state index is 0.577. The van der Waals surface area contributed by atoms with Gasteiger partial charge in [-0.05, 0) is 49.1 Å². The van der Waals surface area contributed by atoms with Crippen LogP contribution in [0, 0.1) is 18.3 Å². The second-order valence-electron chi connectivity index (χ2n) is 5.99. The Labute approximate surface area is 129 Å². The fourth-order valence-electron chi connectivity index (χ4n) is 2.81. The molecule has 1 aliphatic carbocycles. The zero-order valence-corrected chi connectivity index (χ0v) is 12.5. The van der Waals surface area contributed by atoms with Crippen molar-refractivity contribution in [2.45, 2.75) is 32.2 Å². The Balaban J connectivity index is 1.78. The molecule has 4 rings (SSSR count). The van der Waals surface area contributed by atoms with Crippen LogP contribution in [0.25, 0.3) is 11.2 Å². The van der Waals surface area contributed by atoms with E-state index in [4.69, 9.17) is 10.2 Å². The number of benzene rings is 1. The highest BCUT2D eigenvalue weighted by atomic mass is 15.1. The number of hydrogen-bond donors (Lipinski definition) is 0. The highest BCUT2D eigenvalue weighted by Gasteiger charge is 2.30. The SMILES string of the molecule is Cc1cnc2c(c1)nc(C1CC1)n2Cc1ccc(C#N)cc1. The summed E-state index contributed by atoms with van der Waals surface area (Å²) in [5.41, 5.74) is 4.93. The number of pyridine rings is 1. The fourth-order valence-corrected chi connectivity index (χ4v) is 2.81. The van der Waals surface area contributed by atoms with Gasteiger partial charge in [-0.1, -0.05) is 12.1 Å². The predicted octanol–water partition coefficient (Wildman–Crippen LogP) is 3.54. The first-order valence-corrected chi connectivity index (χ1v) is 7.56. The van der Waals surface area contributed by atoms with E-state index in [0.717, 1.165) is 29.1 Å². The van der Waals surface area contributed by atoms with Crippen molar-refractivity contribution in [1.29, 1.82) is 5.26 Å². The first kappa shape index (κ1) is 13.0. The summed E-state index contributed by atoms with van der Waals surface area (Å²) in [6, 6.07) is 12.0. The molecule has 22 heavy (non-hydrogen) atoms. The average Bonchev–Trinajstić information content (AvgIpc) is 3.32. The van der Waals surface area contributed by atoms with Gasteiger partial charge in [0.1, 0.15) is 11.3 Å². The predicted molar refractivity (Wildman–Crippen MR) is 84.5 cm³/mol. The molecule has 0 amide bonds. The number of fused-ring (bicyclic) bond motifs is 1. The largest absolute Gasteiger partial charge is 0.308 e. The monoisotopic (exact) mass is 288 g/mol. The molecule has 0 N–H and O–H groups in total. The van der Waals surface area contributed by atoms with E-state index in [2.05, 4.69) is 21.7 Å². The zero-order valence-electron chi connectivity index (χ0n) is 12.5. The molecular formula is C18H16N4. The van der Waals surface area contributed by atoms with Gasteiger partial charge in [0, 0.05) is 12.1 Å². The van der Waals surface area contributed by atoms with Gasteiger partial charge in [0.05, 0.1) is 18.2 Å². The van der Waals surface area contributed by atoms with Crippen LogP contribution in [0.15, 0.2) is 36.5 Å². The molecule has 0 aliphatic heterocycles. The number of nitriles is 1. The van der Waals surface area contributed by atoms with Gasteiger partial charge in [-0.2, -0.15) is 5.26 Å². The van der Waals surface area contributed by atoms with Crippen LogP contribution in [-0.2, 0) is 6.54 Å². The van der Waals surface area contributed by atoms with Crippen LogP contribution < -0.4 is 0 Å². The van der Waals surface area contributed by atoms with Crippen LogP contribution in [0.2, 0.25) is 0 Å². The zero-order chi connectivity index (χ0) is 15.1. The van der Waals surface area contributed by atoms with E-state index in [1.165, 1.54) is 18.4 Å². The van der Waals surface area contributed by atoms with Crippen molar-refractivity contribution in [3.05, 3.63) is 59.0 Å².